The molecule has 0 amide bonds. The molecule has 1 radical (unpaired) electrons. The molecule has 1 unspecified atom stereocenters. The summed E-state index contributed by atoms with van der Waals surface area (Å²) in [6, 6.07) is 6.27. The highest BCUT2D eigenvalue weighted by molar-refractivity contribution is 5.40. The zero-order chi connectivity index (χ0) is 17.7. The Morgan fingerprint density at radius 1 is 1.04 bits per heavy atom. The molecule has 1 aliphatic heterocycles. The Balaban J connectivity index is 1.99. The molecule has 2 rings (SSSR count). The number of pyridine rings is 1. The maximum absolute atomic E-state index is 4.63. The number of unbranched alkanes of at least 4 members (excludes halogenated alkanes) is 6. The first-order valence-electron chi connectivity index (χ1n) is 10.5. The molecule has 4 nitrogen and oxygen atoms in total. The molecular weight excluding hydrogens is 308 g/mol. The molecule has 1 saturated heterocycles. The molecule has 1 fully saturated rings. The van der Waals surface area contributed by atoms with Crippen molar-refractivity contribution in [2.24, 2.45) is 0 Å². The van der Waals surface area contributed by atoms with Crippen molar-refractivity contribution in [3.8, 4) is 0 Å². The summed E-state index contributed by atoms with van der Waals surface area (Å²) in [6.45, 7) is 10.1. The quantitative estimate of drug-likeness (QED) is 0.457. The molecular formula is C21H38N4+. The topological polar surface area (TPSA) is 34.1 Å². The maximum atomic E-state index is 4.63. The van der Waals surface area contributed by atoms with Crippen LogP contribution in [0.15, 0.2) is 24.4 Å². The van der Waals surface area contributed by atoms with Crippen molar-refractivity contribution in [1.82, 2.24) is 15.2 Å². The maximum Gasteiger partial charge on any atom is 0.222 e. The van der Waals surface area contributed by atoms with E-state index in [1.807, 2.05) is 12.3 Å². The molecule has 0 spiro atoms. The van der Waals surface area contributed by atoms with E-state index >= 15 is 0 Å². The summed E-state index contributed by atoms with van der Waals surface area (Å²) >= 11 is 0. The SMILES string of the molecule is CCCCCC[N+](CCCCCC)C1CNCCN1c1ccccn1. The normalized spacial score (nSPS) is 18.0. The Hall–Kier alpha value is -1.13. The Morgan fingerprint density at radius 2 is 1.76 bits per heavy atom. The molecule has 4 heteroatoms. The van der Waals surface area contributed by atoms with Gasteiger partial charge in [0.25, 0.3) is 0 Å². The summed E-state index contributed by atoms with van der Waals surface area (Å²) in [5, 5.41) is 3.61. The van der Waals surface area contributed by atoms with Crippen LogP contribution in [0, 0.1) is 0 Å². The average molecular weight is 347 g/mol. The molecule has 1 aliphatic rings. The van der Waals surface area contributed by atoms with E-state index in [0.717, 1.165) is 25.5 Å². The van der Waals surface area contributed by atoms with Gasteiger partial charge in [0.15, 0.2) is 0 Å². The number of aromatic nitrogens is 1. The van der Waals surface area contributed by atoms with Crippen molar-refractivity contribution >= 4 is 5.82 Å². The summed E-state index contributed by atoms with van der Waals surface area (Å²) < 4.78 is 0. The molecule has 1 atom stereocenters. The number of nitrogens with zero attached hydrogens (tertiary/aromatic N) is 3. The summed E-state index contributed by atoms with van der Waals surface area (Å²) in [6.07, 6.45) is 13.0. The standard InChI is InChI=1S/C21H38N4/c1-3-5-7-11-16-24(17-12-8-6-4-2)21-19-22-15-18-25(21)20-13-9-10-14-23-20/h9-10,13-14,21-22H,3-8,11-12,15-19H2,1-2H3/q+1. The van der Waals surface area contributed by atoms with Crippen molar-refractivity contribution in [2.45, 2.75) is 71.4 Å². The van der Waals surface area contributed by atoms with Crippen LogP contribution in [0.1, 0.15) is 65.2 Å². The van der Waals surface area contributed by atoms with Crippen LogP contribution in [0.25, 0.3) is 0 Å². The second-order valence-electron chi connectivity index (χ2n) is 7.22. The molecule has 2 heterocycles. The summed E-state index contributed by atoms with van der Waals surface area (Å²) in [4.78, 5) is 9.85. The lowest BCUT2D eigenvalue weighted by atomic mass is 10.1. The van der Waals surface area contributed by atoms with Crippen molar-refractivity contribution in [3.05, 3.63) is 24.4 Å². The Morgan fingerprint density at radius 3 is 2.36 bits per heavy atom. The third-order valence-corrected chi connectivity index (χ3v) is 5.18. The number of rotatable bonds is 12. The molecule has 141 valence electrons. The lowest BCUT2D eigenvalue weighted by Crippen LogP contribution is -2.62. The smallest absolute Gasteiger partial charge is 0.222 e. The third kappa shape index (κ3) is 6.95. The van der Waals surface area contributed by atoms with Crippen molar-refractivity contribution in [1.29, 1.82) is 0 Å². The van der Waals surface area contributed by atoms with Gasteiger partial charge in [-0.3, -0.25) is 0 Å². The number of hydrogen-bond acceptors (Lipinski definition) is 4. The van der Waals surface area contributed by atoms with Crippen molar-refractivity contribution < 1.29 is 0 Å². The Labute approximate surface area is 155 Å². The van der Waals surface area contributed by atoms with E-state index in [1.54, 1.807) is 0 Å². The van der Waals surface area contributed by atoms with Crippen molar-refractivity contribution in [2.75, 3.05) is 37.6 Å². The molecule has 1 aromatic rings. The number of anilines is 1. The fraction of sp³-hybridized carbons (Fsp3) is 0.762. The van der Waals surface area contributed by atoms with Gasteiger partial charge < -0.3 is 10.2 Å². The van der Waals surface area contributed by atoms with Gasteiger partial charge in [-0.15, -0.1) is 4.90 Å². The largest absolute Gasteiger partial charge is 0.308 e. The average Bonchev–Trinajstić information content (AvgIpc) is 2.67. The molecule has 1 N–H and O–H groups in total. The summed E-state index contributed by atoms with van der Waals surface area (Å²) in [5.74, 6) is 1.13. The number of piperazine rings is 1. The van der Waals surface area contributed by atoms with Crippen LogP contribution in [0.4, 0.5) is 5.82 Å². The lowest BCUT2D eigenvalue weighted by Gasteiger charge is -2.37. The fourth-order valence-corrected chi connectivity index (χ4v) is 3.70. The predicted molar refractivity (Wildman–Crippen MR) is 108 cm³/mol. The van der Waals surface area contributed by atoms with Gasteiger partial charge in [-0.1, -0.05) is 45.6 Å². The zero-order valence-electron chi connectivity index (χ0n) is 16.4. The third-order valence-electron chi connectivity index (χ3n) is 5.18. The van der Waals surface area contributed by atoms with Gasteiger partial charge in [0.05, 0.1) is 6.54 Å². The van der Waals surface area contributed by atoms with Gasteiger partial charge in [-0.05, 0) is 25.0 Å². The first-order valence-corrected chi connectivity index (χ1v) is 10.5. The predicted octanol–water partition coefficient (Wildman–Crippen LogP) is 4.12. The van der Waals surface area contributed by atoms with Crippen molar-refractivity contribution in [3.63, 3.8) is 0 Å². The fourth-order valence-electron chi connectivity index (χ4n) is 3.70. The second kappa shape index (κ2) is 12.3. The summed E-state index contributed by atoms with van der Waals surface area (Å²) in [7, 11) is 0. The first-order chi connectivity index (χ1) is 12.4. The van der Waals surface area contributed by atoms with Gasteiger partial charge in [0, 0.05) is 32.1 Å². The number of hydrogen-bond donors (Lipinski definition) is 1. The molecule has 0 bridgehead atoms. The second-order valence-corrected chi connectivity index (χ2v) is 7.22. The highest BCUT2D eigenvalue weighted by Crippen LogP contribution is 2.18. The summed E-state index contributed by atoms with van der Waals surface area (Å²) in [5.41, 5.74) is 0. The van der Waals surface area contributed by atoms with Crippen LogP contribution in [-0.2, 0) is 0 Å². The highest BCUT2D eigenvalue weighted by Gasteiger charge is 2.35. The first kappa shape index (κ1) is 20.2. The van der Waals surface area contributed by atoms with Crippen LogP contribution in [0.3, 0.4) is 0 Å². The van der Waals surface area contributed by atoms with Crippen LogP contribution in [0.2, 0.25) is 0 Å². The van der Waals surface area contributed by atoms with Gasteiger partial charge in [0.2, 0.25) is 6.17 Å². The van der Waals surface area contributed by atoms with Gasteiger partial charge in [-0.2, -0.15) is 0 Å². The van der Waals surface area contributed by atoms with Gasteiger partial charge in [0.1, 0.15) is 18.9 Å². The lowest BCUT2D eigenvalue weighted by molar-refractivity contribution is 0.264. The van der Waals surface area contributed by atoms with Crippen LogP contribution >= 0.6 is 0 Å². The highest BCUT2D eigenvalue weighted by atomic mass is 15.4. The molecule has 0 aromatic carbocycles. The minimum Gasteiger partial charge on any atom is -0.308 e. The van der Waals surface area contributed by atoms with E-state index in [9.17, 15) is 0 Å². The molecule has 0 aliphatic carbocycles. The van der Waals surface area contributed by atoms with E-state index in [-0.39, 0.29) is 0 Å². The Bertz CT molecular complexity index is 425. The van der Waals surface area contributed by atoms with Crippen LogP contribution in [0.5, 0.6) is 0 Å². The molecule has 0 saturated carbocycles. The molecule has 25 heavy (non-hydrogen) atoms. The van der Waals surface area contributed by atoms with E-state index < -0.39 is 0 Å². The zero-order valence-corrected chi connectivity index (χ0v) is 16.4. The minimum atomic E-state index is 0.437. The van der Waals surface area contributed by atoms with Crippen LogP contribution < -0.4 is 15.1 Å². The van der Waals surface area contributed by atoms with E-state index in [2.05, 4.69) is 46.1 Å². The Kier molecular flexibility index (Phi) is 9.90. The minimum absolute atomic E-state index is 0.437. The monoisotopic (exact) mass is 346 g/mol. The number of nitrogens with one attached hydrogen (secondary N) is 1. The van der Waals surface area contributed by atoms with Gasteiger partial charge in [-0.25, -0.2) is 4.98 Å². The molecule has 1 aromatic heterocycles. The van der Waals surface area contributed by atoms with E-state index in [1.165, 1.54) is 64.5 Å². The van der Waals surface area contributed by atoms with E-state index in [4.69, 9.17) is 0 Å². The van der Waals surface area contributed by atoms with Gasteiger partial charge >= 0.3 is 0 Å². The van der Waals surface area contributed by atoms with Crippen LogP contribution in [-0.4, -0.2) is 43.9 Å². The van der Waals surface area contributed by atoms with E-state index in [0.29, 0.717) is 6.17 Å².